The summed E-state index contributed by atoms with van der Waals surface area (Å²) >= 11 is 0. The number of imidazole rings is 1. The van der Waals surface area contributed by atoms with Crippen molar-refractivity contribution in [3.05, 3.63) is 18.7 Å². The van der Waals surface area contributed by atoms with E-state index in [0.29, 0.717) is 12.8 Å². The maximum atomic E-state index is 10.5. The van der Waals surface area contributed by atoms with Gasteiger partial charge in [0.1, 0.15) is 0 Å². The molecule has 2 N–H and O–H groups in total. The van der Waals surface area contributed by atoms with E-state index in [1.54, 1.807) is 12.5 Å². The molecule has 1 aromatic rings. The van der Waals surface area contributed by atoms with Crippen molar-refractivity contribution in [2.45, 2.75) is 57.4 Å². The number of unbranched alkanes of at least 4 members (excludes halogenated alkanes) is 2. The standard InChI is InChI=1S/C14H22N2O4/c17-13(18)7-3-1-5-12(16-10-9-15-11-16)6-2-4-8-14(19)20/h9-12H,1-8H2,(H,17,18)(H,19,20). The zero-order chi connectivity index (χ0) is 14.8. The molecule has 1 rings (SSSR count). The van der Waals surface area contributed by atoms with E-state index in [1.807, 2.05) is 10.8 Å². The summed E-state index contributed by atoms with van der Waals surface area (Å²) in [6.07, 6.45) is 10.7. The Balaban J connectivity index is 2.33. The van der Waals surface area contributed by atoms with Crippen LogP contribution in [0.5, 0.6) is 0 Å². The monoisotopic (exact) mass is 282 g/mol. The Kier molecular flexibility index (Phi) is 7.39. The first kappa shape index (κ1) is 16.2. The Morgan fingerprint density at radius 3 is 1.95 bits per heavy atom. The number of aromatic nitrogens is 2. The number of carboxylic acid groups (broad SMARTS) is 2. The smallest absolute Gasteiger partial charge is 0.303 e. The fourth-order valence-corrected chi connectivity index (χ4v) is 2.24. The summed E-state index contributed by atoms with van der Waals surface area (Å²) in [5.41, 5.74) is 0. The van der Waals surface area contributed by atoms with Crippen LogP contribution in [0, 0.1) is 0 Å². The normalized spacial score (nSPS) is 10.8. The van der Waals surface area contributed by atoms with Gasteiger partial charge in [-0.05, 0) is 25.7 Å². The van der Waals surface area contributed by atoms with Gasteiger partial charge in [-0.3, -0.25) is 9.59 Å². The highest BCUT2D eigenvalue weighted by molar-refractivity contribution is 5.66. The van der Waals surface area contributed by atoms with Crippen LogP contribution in [0.2, 0.25) is 0 Å². The van der Waals surface area contributed by atoms with Crippen molar-refractivity contribution in [1.29, 1.82) is 0 Å². The van der Waals surface area contributed by atoms with Crippen molar-refractivity contribution in [3.8, 4) is 0 Å². The highest BCUT2D eigenvalue weighted by Crippen LogP contribution is 2.22. The molecule has 0 aromatic carbocycles. The molecule has 0 saturated carbocycles. The fraction of sp³-hybridized carbons (Fsp3) is 0.643. The zero-order valence-electron chi connectivity index (χ0n) is 11.6. The zero-order valence-corrected chi connectivity index (χ0v) is 11.6. The predicted molar refractivity (Wildman–Crippen MR) is 73.5 cm³/mol. The van der Waals surface area contributed by atoms with Gasteiger partial charge in [-0.1, -0.05) is 12.8 Å². The van der Waals surface area contributed by atoms with Gasteiger partial charge in [0.05, 0.1) is 6.33 Å². The molecule has 0 aliphatic heterocycles. The average molecular weight is 282 g/mol. The molecular weight excluding hydrogens is 260 g/mol. The maximum Gasteiger partial charge on any atom is 0.303 e. The van der Waals surface area contributed by atoms with Crippen LogP contribution in [0.1, 0.15) is 57.4 Å². The van der Waals surface area contributed by atoms with Crippen LogP contribution in [0.3, 0.4) is 0 Å². The summed E-state index contributed by atoms with van der Waals surface area (Å²) < 4.78 is 2.03. The van der Waals surface area contributed by atoms with Crippen molar-refractivity contribution in [3.63, 3.8) is 0 Å². The number of aliphatic carboxylic acids is 2. The molecule has 0 saturated heterocycles. The molecule has 0 aliphatic carbocycles. The molecule has 6 heteroatoms. The lowest BCUT2D eigenvalue weighted by atomic mass is 10.0. The lowest BCUT2D eigenvalue weighted by Gasteiger charge is -2.18. The first-order chi connectivity index (χ1) is 9.59. The van der Waals surface area contributed by atoms with Crippen molar-refractivity contribution in [1.82, 2.24) is 9.55 Å². The highest BCUT2D eigenvalue weighted by atomic mass is 16.4. The molecule has 20 heavy (non-hydrogen) atoms. The van der Waals surface area contributed by atoms with Gasteiger partial charge in [0.2, 0.25) is 0 Å². The Hall–Kier alpha value is -1.85. The third-order valence-electron chi connectivity index (χ3n) is 3.30. The largest absolute Gasteiger partial charge is 0.481 e. The second kappa shape index (κ2) is 9.12. The Bertz CT molecular complexity index is 381. The van der Waals surface area contributed by atoms with E-state index < -0.39 is 11.9 Å². The molecule has 6 nitrogen and oxygen atoms in total. The van der Waals surface area contributed by atoms with Gasteiger partial charge in [-0.2, -0.15) is 0 Å². The minimum absolute atomic E-state index is 0.204. The topological polar surface area (TPSA) is 92.4 Å². The Morgan fingerprint density at radius 2 is 1.55 bits per heavy atom. The summed E-state index contributed by atoms with van der Waals surface area (Å²) in [6.45, 7) is 0. The van der Waals surface area contributed by atoms with Gasteiger partial charge in [0, 0.05) is 31.3 Å². The summed E-state index contributed by atoms with van der Waals surface area (Å²) in [4.78, 5) is 25.0. The van der Waals surface area contributed by atoms with Crippen LogP contribution in [-0.4, -0.2) is 31.7 Å². The van der Waals surface area contributed by atoms with Gasteiger partial charge in [0.25, 0.3) is 0 Å². The number of hydrogen-bond donors (Lipinski definition) is 2. The van der Waals surface area contributed by atoms with Crippen molar-refractivity contribution in [2.24, 2.45) is 0 Å². The van der Waals surface area contributed by atoms with Gasteiger partial charge < -0.3 is 14.8 Å². The number of carboxylic acids is 2. The van der Waals surface area contributed by atoms with Crippen LogP contribution in [-0.2, 0) is 9.59 Å². The van der Waals surface area contributed by atoms with Crippen molar-refractivity contribution in [2.75, 3.05) is 0 Å². The molecule has 0 amide bonds. The van der Waals surface area contributed by atoms with Gasteiger partial charge in [-0.15, -0.1) is 0 Å². The van der Waals surface area contributed by atoms with E-state index in [1.165, 1.54) is 0 Å². The quantitative estimate of drug-likeness (QED) is 0.609. The molecule has 0 unspecified atom stereocenters. The molecule has 1 aromatic heterocycles. The summed E-state index contributed by atoms with van der Waals surface area (Å²) in [5.74, 6) is -1.52. The molecule has 1 heterocycles. The lowest BCUT2D eigenvalue weighted by Crippen LogP contribution is -2.08. The Labute approximate surface area is 118 Å². The second-order valence-electron chi connectivity index (χ2n) is 4.94. The molecule has 0 bridgehead atoms. The molecule has 0 spiro atoms. The van der Waals surface area contributed by atoms with E-state index in [-0.39, 0.29) is 18.9 Å². The minimum Gasteiger partial charge on any atom is -0.481 e. The van der Waals surface area contributed by atoms with Crippen LogP contribution in [0.4, 0.5) is 0 Å². The second-order valence-corrected chi connectivity index (χ2v) is 4.94. The van der Waals surface area contributed by atoms with E-state index >= 15 is 0 Å². The molecule has 0 fully saturated rings. The van der Waals surface area contributed by atoms with Gasteiger partial charge in [0.15, 0.2) is 0 Å². The van der Waals surface area contributed by atoms with Gasteiger partial charge in [-0.25, -0.2) is 4.98 Å². The number of hydrogen-bond acceptors (Lipinski definition) is 3. The van der Waals surface area contributed by atoms with Crippen LogP contribution in [0.15, 0.2) is 18.7 Å². The van der Waals surface area contributed by atoms with Crippen molar-refractivity contribution < 1.29 is 19.8 Å². The van der Waals surface area contributed by atoms with Crippen LogP contribution < -0.4 is 0 Å². The van der Waals surface area contributed by atoms with Crippen molar-refractivity contribution >= 4 is 11.9 Å². The SMILES string of the molecule is O=C(O)CCCCC(CCCCC(=O)O)n1ccnc1. The average Bonchev–Trinajstić information content (AvgIpc) is 2.90. The minimum atomic E-state index is -0.759. The summed E-state index contributed by atoms with van der Waals surface area (Å²) in [7, 11) is 0. The Morgan fingerprint density at radius 1 is 1.00 bits per heavy atom. The van der Waals surface area contributed by atoms with E-state index in [0.717, 1.165) is 25.7 Å². The number of carbonyl (C=O) groups is 2. The first-order valence-corrected chi connectivity index (χ1v) is 7.00. The third kappa shape index (κ3) is 6.92. The maximum absolute atomic E-state index is 10.5. The lowest BCUT2D eigenvalue weighted by molar-refractivity contribution is -0.138. The van der Waals surface area contributed by atoms with Crippen LogP contribution in [0.25, 0.3) is 0 Å². The van der Waals surface area contributed by atoms with Gasteiger partial charge >= 0.3 is 11.9 Å². The predicted octanol–water partition coefficient (Wildman–Crippen LogP) is 2.71. The van der Waals surface area contributed by atoms with Crippen LogP contribution >= 0.6 is 0 Å². The molecular formula is C14H22N2O4. The number of rotatable bonds is 11. The molecule has 0 atom stereocenters. The van der Waals surface area contributed by atoms with E-state index in [2.05, 4.69) is 4.98 Å². The molecule has 0 radical (unpaired) electrons. The molecule has 112 valence electrons. The highest BCUT2D eigenvalue weighted by Gasteiger charge is 2.11. The molecule has 0 aliphatic rings. The summed E-state index contributed by atoms with van der Waals surface area (Å²) in [6, 6.07) is 0.278. The van der Waals surface area contributed by atoms with E-state index in [4.69, 9.17) is 10.2 Å². The first-order valence-electron chi connectivity index (χ1n) is 7.00. The third-order valence-corrected chi connectivity index (χ3v) is 3.30. The number of nitrogens with zero attached hydrogens (tertiary/aromatic N) is 2. The fourth-order valence-electron chi connectivity index (χ4n) is 2.24. The summed E-state index contributed by atoms with van der Waals surface area (Å²) in [5, 5.41) is 17.2. The van der Waals surface area contributed by atoms with E-state index in [9.17, 15) is 9.59 Å².